The average Bonchev–Trinajstić information content (AvgIpc) is 3.12. The van der Waals surface area contributed by atoms with E-state index in [1.165, 1.54) is 54.9 Å². The van der Waals surface area contributed by atoms with Gasteiger partial charge in [-0.15, -0.1) is 0 Å². The van der Waals surface area contributed by atoms with Gasteiger partial charge < -0.3 is 0 Å². The van der Waals surface area contributed by atoms with Crippen LogP contribution in [0.5, 0.6) is 0 Å². The first-order valence-corrected chi connectivity index (χ1v) is 12.1. The number of sulfonamides is 1. The Labute approximate surface area is 206 Å². The van der Waals surface area contributed by atoms with Gasteiger partial charge in [0.2, 0.25) is 15.9 Å². The molecule has 2 amide bonds. The van der Waals surface area contributed by atoms with Gasteiger partial charge in [0, 0.05) is 24.0 Å². The molecule has 0 saturated carbocycles. The van der Waals surface area contributed by atoms with Crippen LogP contribution in [0.3, 0.4) is 0 Å². The van der Waals surface area contributed by atoms with Crippen molar-refractivity contribution in [2.24, 2.45) is 0 Å². The molecule has 34 heavy (non-hydrogen) atoms. The Balaban J connectivity index is 1.77. The molecule has 0 spiro atoms. The molecule has 1 atom stereocenters. The summed E-state index contributed by atoms with van der Waals surface area (Å²) in [6.45, 7) is -0.218. The number of imide groups is 1. The lowest BCUT2D eigenvalue weighted by atomic mass is 10.2. The third-order valence-corrected chi connectivity index (χ3v) is 7.84. The van der Waals surface area contributed by atoms with Gasteiger partial charge in [-0.25, -0.2) is 13.3 Å². The van der Waals surface area contributed by atoms with Gasteiger partial charge in [-0.1, -0.05) is 29.3 Å². The van der Waals surface area contributed by atoms with Crippen LogP contribution in [0.1, 0.15) is 17.5 Å². The molecular formula is C23H16Cl2N4O4S. The predicted molar refractivity (Wildman–Crippen MR) is 125 cm³/mol. The third-order valence-electron chi connectivity index (χ3n) is 5.27. The number of anilines is 1. The number of hydrogen-bond acceptors (Lipinski definition) is 6. The summed E-state index contributed by atoms with van der Waals surface area (Å²) in [5.41, 5.74) is 1.12. The number of hydrogen-bond donors (Lipinski definition) is 0. The minimum absolute atomic E-state index is 0.0682. The molecule has 0 bridgehead atoms. The fourth-order valence-electron chi connectivity index (χ4n) is 3.63. The van der Waals surface area contributed by atoms with Gasteiger partial charge >= 0.3 is 0 Å². The number of nitrogens with zero attached hydrogens (tertiary/aromatic N) is 4. The smallest absolute Gasteiger partial charge is 0.252 e. The van der Waals surface area contributed by atoms with E-state index in [-0.39, 0.29) is 33.6 Å². The number of carbonyl (C=O) groups excluding carboxylic acids is 2. The Hall–Kier alpha value is -3.29. The van der Waals surface area contributed by atoms with E-state index in [1.807, 2.05) is 6.07 Å². The summed E-state index contributed by atoms with van der Waals surface area (Å²) in [5, 5.41) is 9.08. The zero-order valence-electron chi connectivity index (χ0n) is 17.4. The summed E-state index contributed by atoms with van der Waals surface area (Å²) < 4.78 is 28.4. The topological polar surface area (TPSA) is 111 Å². The number of benzene rings is 2. The number of amides is 2. The van der Waals surface area contributed by atoms with E-state index in [0.717, 1.165) is 9.21 Å². The van der Waals surface area contributed by atoms with Crippen LogP contribution >= 0.6 is 23.2 Å². The third kappa shape index (κ3) is 4.54. The highest BCUT2D eigenvalue weighted by Gasteiger charge is 2.47. The normalized spacial score (nSPS) is 16.2. The van der Waals surface area contributed by atoms with Gasteiger partial charge in [0.05, 0.1) is 28.8 Å². The first-order chi connectivity index (χ1) is 16.2. The first kappa shape index (κ1) is 23.9. The second kappa shape index (κ2) is 9.52. The molecule has 1 aliphatic heterocycles. The van der Waals surface area contributed by atoms with Crippen LogP contribution in [0.4, 0.5) is 5.69 Å². The summed E-state index contributed by atoms with van der Waals surface area (Å²) in [5.74, 6) is -1.27. The highest BCUT2D eigenvalue weighted by Crippen LogP contribution is 2.34. The fourth-order valence-corrected chi connectivity index (χ4v) is 5.94. The van der Waals surface area contributed by atoms with E-state index in [4.69, 9.17) is 28.5 Å². The van der Waals surface area contributed by atoms with E-state index < -0.39 is 27.9 Å². The molecule has 172 valence electrons. The van der Waals surface area contributed by atoms with E-state index in [9.17, 15) is 18.0 Å². The minimum Gasteiger partial charge on any atom is -0.274 e. The maximum Gasteiger partial charge on any atom is 0.252 e. The number of aromatic nitrogens is 1. The monoisotopic (exact) mass is 514 g/mol. The van der Waals surface area contributed by atoms with Gasteiger partial charge in [0.25, 0.3) is 5.91 Å². The van der Waals surface area contributed by atoms with Crippen LogP contribution in [-0.4, -0.2) is 35.6 Å². The summed E-state index contributed by atoms with van der Waals surface area (Å²) in [7, 11) is -4.36. The lowest BCUT2D eigenvalue weighted by molar-refractivity contribution is -0.122. The van der Waals surface area contributed by atoms with Crippen molar-refractivity contribution in [2.75, 3.05) is 4.90 Å². The number of carbonyl (C=O) groups is 2. The molecule has 1 aliphatic rings. The number of halogens is 2. The molecule has 0 N–H and O–H groups in total. The van der Waals surface area contributed by atoms with Gasteiger partial charge in [0.1, 0.15) is 10.9 Å². The quantitative estimate of drug-likeness (QED) is 0.462. The molecule has 3 aromatic rings. The largest absolute Gasteiger partial charge is 0.274 e. The van der Waals surface area contributed by atoms with Gasteiger partial charge in [-0.05, 0) is 54.1 Å². The molecule has 4 rings (SSSR count). The van der Waals surface area contributed by atoms with E-state index in [0.29, 0.717) is 11.1 Å². The van der Waals surface area contributed by atoms with Crippen molar-refractivity contribution in [2.45, 2.75) is 23.9 Å². The van der Waals surface area contributed by atoms with Crippen molar-refractivity contribution in [3.8, 4) is 6.07 Å². The van der Waals surface area contributed by atoms with Crippen LogP contribution < -0.4 is 4.90 Å². The van der Waals surface area contributed by atoms with E-state index in [2.05, 4.69) is 4.98 Å². The Kier molecular flexibility index (Phi) is 6.68. The van der Waals surface area contributed by atoms with Crippen LogP contribution in [0.15, 0.2) is 71.9 Å². The number of pyridine rings is 1. The fraction of sp³-hybridized carbons (Fsp3) is 0.130. The highest BCUT2D eigenvalue weighted by molar-refractivity contribution is 7.89. The zero-order chi connectivity index (χ0) is 24.5. The Morgan fingerprint density at radius 1 is 1.12 bits per heavy atom. The molecule has 1 fully saturated rings. The molecule has 1 saturated heterocycles. The standard InChI is InChI=1S/C23H16Cl2N4O4S/c24-17-5-8-19(25)21(10-17)34(32,33)28(14-16-2-1-9-27-13-16)20-11-22(30)29(23(20)31)18-6-3-15(12-26)4-7-18/h1-10,13,20H,11,14H2. The maximum absolute atomic E-state index is 13.7. The SMILES string of the molecule is N#Cc1ccc(N2C(=O)CC(N(Cc3cccnc3)S(=O)(=O)c3cc(Cl)ccc3Cl)C2=O)cc1. The Morgan fingerprint density at radius 2 is 1.85 bits per heavy atom. The van der Waals surface area contributed by atoms with Crippen molar-refractivity contribution in [3.05, 3.63) is 88.2 Å². The summed E-state index contributed by atoms with van der Waals surface area (Å²) in [6, 6.07) is 13.8. The Bertz CT molecular complexity index is 1410. The van der Waals surface area contributed by atoms with Crippen molar-refractivity contribution < 1.29 is 18.0 Å². The molecule has 0 aliphatic carbocycles. The predicted octanol–water partition coefficient (Wildman–Crippen LogP) is 3.78. The zero-order valence-corrected chi connectivity index (χ0v) is 19.8. The maximum atomic E-state index is 13.7. The minimum atomic E-state index is -4.36. The lowest BCUT2D eigenvalue weighted by Crippen LogP contribution is -2.45. The molecule has 11 heteroatoms. The molecular weight excluding hydrogens is 499 g/mol. The van der Waals surface area contributed by atoms with Crippen LogP contribution in [0, 0.1) is 11.3 Å². The summed E-state index contributed by atoms with van der Waals surface area (Å²) in [4.78, 5) is 30.9. The molecule has 2 aromatic carbocycles. The average molecular weight is 515 g/mol. The van der Waals surface area contributed by atoms with Crippen LogP contribution in [-0.2, 0) is 26.2 Å². The van der Waals surface area contributed by atoms with Crippen molar-refractivity contribution in [1.29, 1.82) is 5.26 Å². The summed E-state index contributed by atoms with van der Waals surface area (Å²) in [6.07, 6.45) is 2.64. The molecule has 1 aromatic heterocycles. The van der Waals surface area contributed by atoms with Crippen LogP contribution in [0.25, 0.3) is 0 Å². The molecule has 2 heterocycles. The summed E-state index contributed by atoms with van der Waals surface area (Å²) >= 11 is 12.2. The van der Waals surface area contributed by atoms with E-state index in [1.54, 1.807) is 12.1 Å². The number of nitriles is 1. The molecule has 1 unspecified atom stereocenters. The Morgan fingerprint density at radius 3 is 2.50 bits per heavy atom. The van der Waals surface area contributed by atoms with Gasteiger partial charge in [0.15, 0.2) is 0 Å². The molecule has 8 nitrogen and oxygen atoms in total. The lowest BCUT2D eigenvalue weighted by Gasteiger charge is -2.27. The first-order valence-electron chi connectivity index (χ1n) is 9.95. The van der Waals surface area contributed by atoms with Crippen molar-refractivity contribution in [3.63, 3.8) is 0 Å². The van der Waals surface area contributed by atoms with Gasteiger partial charge in [-0.3, -0.25) is 14.6 Å². The second-order valence-corrected chi connectivity index (χ2v) is 10.1. The second-order valence-electron chi connectivity index (χ2n) is 7.43. The number of rotatable bonds is 6. The highest BCUT2D eigenvalue weighted by atomic mass is 35.5. The van der Waals surface area contributed by atoms with Crippen LogP contribution in [0.2, 0.25) is 10.0 Å². The van der Waals surface area contributed by atoms with Crippen molar-refractivity contribution in [1.82, 2.24) is 9.29 Å². The van der Waals surface area contributed by atoms with Crippen molar-refractivity contribution >= 4 is 50.7 Å². The molecule has 0 radical (unpaired) electrons. The van der Waals surface area contributed by atoms with E-state index >= 15 is 0 Å². The van der Waals surface area contributed by atoms with Gasteiger partial charge in [-0.2, -0.15) is 9.57 Å².